The summed E-state index contributed by atoms with van der Waals surface area (Å²) in [7, 11) is 0. The second-order valence-electron chi connectivity index (χ2n) is 38.7. The standard InChI is InChI=1S/C30H28N8.C29H24N8O.C29H26N8.C28H24N8/c1-2-4-19(3-1)13-32-14-20-11-23(16-33-15-20)22-5-6-26-24(12-22)29(38-37-26)30-35-27-18-34-17-25(28(27)36-30)21-7-9-31-10-8-21;38-29(18-3-1-2-4-18)33-21-11-20(13-31-14-21)19-5-6-24-22(12-19)27(37-36-24)28-34-25-16-32-15-23(26(25)35-28)17-7-9-30-10-8-17;1-2-10-37(11-3-1)18-19-12-22(15-31-14-19)21-4-5-25-23(13-21)28(36-35-25)29-33-26-17-32-16-24(27(26)34-29)20-6-8-30-9-7-20;1-2-10-36(9-1)17-18-11-21(14-30-13-18)20-3-4-24-22(12-20)27(35-34-24)28-32-25-16-31-15-23(26(25)33-28)19-5-7-29-8-6-19/h5-12,15-19,32H,1-4,13-14H2,(H,35,36)(H,37,38);5-16,18H,1-4H2,(H,33,38)(H,34,35)(H,36,37);4-9,12-17H,1-3,10-11,18H2,(H,33,34)(H,35,36);3-8,11-16H,1-2,9-10,17H2,(H,32,33)(H,34,35). The second-order valence-corrected chi connectivity index (χ2v) is 38.7. The van der Waals surface area contributed by atoms with Crippen LogP contribution in [0.2, 0.25) is 0 Å². The molecule has 24 aromatic rings. The molecule has 28 rings (SSSR count). The van der Waals surface area contributed by atoms with Crippen LogP contribution in [-0.4, -0.2) is 189 Å². The molecule has 0 unspecified atom stereocenters. The van der Waals surface area contributed by atoms with E-state index in [0.717, 1.165) is 257 Å². The van der Waals surface area contributed by atoms with Crippen LogP contribution in [0.3, 0.4) is 0 Å². The van der Waals surface area contributed by atoms with E-state index in [1.165, 1.54) is 101 Å². The third-order valence-corrected chi connectivity index (χ3v) is 28.8. The molecule has 2 saturated carbocycles. The molecule has 2 aliphatic heterocycles. The quantitative estimate of drug-likeness (QED) is 0.0301. The fourth-order valence-corrected chi connectivity index (χ4v) is 21.2. The number of carbonyl (C=O) groups excluding carboxylic acids is 1. The number of nitrogens with one attached hydrogen (secondary N) is 10. The van der Waals surface area contributed by atoms with Crippen LogP contribution in [0, 0.1) is 11.8 Å². The maximum absolute atomic E-state index is 12.6. The number of imidazole rings is 4. The number of likely N-dealkylation sites (tertiary alicyclic amines) is 2. The van der Waals surface area contributed by atoms with Crippen molar-refractivity contribution in [2.24, 2.45) is 11.8 Å². The summed E-state index contributed by atoms with van der Waals surface area (Å²) < 4.78 is 0. The van der Waals surface area contributed by atoms with E-state index in [-0.39, 0.29) is 11.8 Å². The van der Waals surface area contributed by atoms with Crippen LogP contribution in [0.4, 0.5) is 5.69 Å². The van der Waals surface area contributed by atoms with Crippen molar-refractivity contribution in [1.82, 2.24) is 156 Å². The van der Waals surface area contributed by atoms with Crippen molar-refractivity contribution in [3.63, 3.8) is 0 Å². The molecule has 4 fully saturated rings. The molecule has 22 heterocycles. The van der Waals surface area contributed by atoms with Crippen LogP contribution in [0.15, 0.2) is 294 Å². The Morgan fingerprint density at radius 1 is 0.282 bits per heavy atom. The number of benzene rings is 4. The number of nitrogens with zero attached hydrogens (tertiary/aromatic N) is 22. The molecule has 0 bridgehead atoms. The number of rotatable bonds is 22. The number of fused-ring (bicyclic) bond motifs is 8. The van der Waals surface area contributed by atoms with Crippen LogP contribution in [0.5, 0.6) is 0 Å². The number of piperidine rings is 1. The normalized spacial score (nSPS) is 14.2. The van der Waals surface area contributed by atoms with E-state index in [1.807, 2.05) is 129 Å². The van der Waals surface area contributed by atoms with Crippen LogP contribution in [0.1, 0.15) is 100 Å². The number of hydrogen-bond acceptors (Lipinski definition) is 24. The summed E-state index contributed by atoms with van der Waals surface area (Å²) in [6.07, 6.45) is 60.0. The highest BCUT2D eigenvalue weighted by atomic mass is 16.1. The second kappa shape index (κ2) is 41.5. The van der Waals surface area contributed by atoms with Crippen molar-refractivity contribution < 1.29 is 4.79 Å². The summed E-state index contributed by atoms with van der Waals surface area (Å²) in [6, 6.07) is 49.5. The van der Waals surface area contributed by atoms with E-state index in [9.17, 15) is 4.79 Å². The van der Waals surface area contributed by atoms with Crippen molar-refractivity contribution in [3.05, 3.63) is 311 Å². The number of hydrogen-bond donors (Lipinski definition) is 10. The van der Waals surface area contributed by atoms with Gasteiger partial charge in [-0.2, -0.15) is 20.4 Å². The maximum atomic E-state index is 12.6. The van der Waals surface area contributed by atoms with Crippen LogP contribution < -0.4 is 10.6 Å². The summed E-state index contributed by atoms with van der Waals surface area (Å²) >= 11 is 0. The molecular formula is C116H102N32O. The number of pyridine rings is 12. The molecule has 33 heteroatoms. The van der Waals surface area contributed by atoms with Gasteiger partial charge in [-0.05, 0) is 273 Å². The largest absolute Gasteiger partial charge is 0.335 e. The minimum Gasteiger partial charge on any atom is -0.335 e. The van der Waals surface area contributed by atoms with Gasteiger partial charge in [-0.15, -0.1) is 0 Å². The van der Waals surface area contributed by atoms with Crippen LogP contribution in [-0.2, 0) is 24.4 Å². The van der Waals surface area contributed by atoms with Gasteiger partial charge in [0.25, 0.3) is 0 Å². The summed E-state index contributed by atoms with van der Waals surface area (Å²) in [6.45, 7) is 8.51. The Labute approximate surface area is 853 Å². The number of aromatic nitrogens is 28. The molecule has 10 N–H and O–H groups in total. The van der Waals surface area contributed by atoms with Crippen molar-refractivity contribution in [2.75, 3.05) is 38.0 Å². The SMILES string of the molecule is O=C(Nc1cncc(-c2ccc3[nH]nc(-c4nc5c(-c6ccncc6)cncc5[nH]4)c3c2)c1)C1CCCC1.c1cc(-c2cncc3[nH]c(-c4n[nH]c5ccc(-c6cncc(CN7CCCC7)c6)cc45)nc23)ccn1.c1cc(-c2cncc3[nH]c(-c4n[nH]c5ccc(-c6cncc(CN7CCCCC7)c6)cc45)nc23)ccn1.c1cc(-c2cncc3[nH]c(-c4n[nH]c5ccc(-c6cncc(CNCC7CCCC7)c6)cc45)nc23)ccn1. The first kappa shape index (κ1) is 92.0. The summed E-state index contributed by atoms with van der Waals surface area (Å²) in [5.41, 5.74) is 34.4. The number of carbonyl (C=O) groups is 1. The molecule has 732 valence electrons. The van der Waals surface area contributed by atoms with E-state index in [4.69, 9.17) is 19.9 Å². The first-order valence-electron chi connectivity index (χ1n) is 50.8. The minimum absolute atomic E-state index is 0.0829. The monoisotopic (exact) mass is 1960 g/mol. The maximum Gasteiger partial charge on any atom is 0.227 e. The third kappa shape index (κ3) is 19.6. The zero-order valence-corrected chi connectivity index (χ0v) is 81.5. The van der Waals surface area contributed by atoms with E-state index in [0.29, 0.717) is 29.0 Å². The zero-order valence-electron chi connectivity index (χ0n) is 81.5. The lowest BCUT2D eigenvalue weighted by atomic mass is 10.0. The first-order valence-corrected chi connectivity index (χ1v) is 50.8. The first-order chi connectivity index (χ1) is 73.7. The highest BCUT2D eigenvalue weighted by molar-refractivity contribution is 6.04. The number of aromatic amines is 8. The minimum atomic E-state index is 0.0829. The fourth-order valence-electron chi connectivity index (χ4n) is 21.2. The molecule has 4 aliphatic rings. The predicted octanol–water partition coefficient (Wildman–Crippen LogP) is 22.5. The number of H-pyrrole nitrogens is 8. The summed E-state index contributed by atoms with van der Waals surface area (Å²) in [5, 5.41) is 41.7. The number of amides is 1. The van der Waals surface area contributed by atoms with E-state index >= 15 is 0 Å². The van der Waals surface area contributed by atoms with Crippen molar-refractivity contribution in [2.45, 2.75) is 103 Å². The molecule has 0 atom stereocenters. The predicted molar refractivity (Wildman–Crippen MR) is 580 cm³/mol. The van der Waals surface area contributed by atoms with Gasteiger partial charge in [0.2, 0.25) is 5.91 Å². The number of anilines is 1. The van der Waals surface area contributed by atoms with Gasteiger partial charge in [0.05, 0.1) is 103 Å². The van der Waals surface area contributed by atoms with Crippen molar-refractivity contribution >= 4 is 99.3 Å². The van der Waals surface area contributed by atoms with Gasteiger partial charge in [-0.1, -0.05) is 56.4 Å². The van der Waals surface area contributed by atoms with Gasteiger partial charge in [-0.25, -0.2) is 19.9 Å². The molecule has 0 radical (unpaired) electrons. The Kier molecular flexibility index (Phi) is 25.6. The van der Waals surface area contributed by atoms with E-state index in [2.05, 4.69) is 220 Å². The van der Waals surface area contributed by atoms with Gasteiger partial charge in [0.1, 0.15) is 22.8 Å². The topological polar surface area (TPSA) is 432 Å². The molecular weight excluding hydrogens is 1860 g/mol. The third-order valence-electron chi connectivity index (χ3n) is 28.8. The molecule has 33 nitrogen and oxygen atoms in total. The lowest BCUT2D eigenvalue weighted by Gasteiger charge is -2.26. The van der Waals surface area contributed by atoms with E-state index in [1.54, 1.807) is 86.8 Å². The van der Waals surface area contributed by atoms with Gasteiger partial charge in [-0.3, -0.25) is 94.8 Å². The molecule has 2 aliphatic carbocycles. The average molecular weight is 1960 g/mol. The zero-order chi connectivity index (χ0) is 99.3. The summed E-state index contributed by atoms with van der Waals surface area (Å²) in [4.78, 5) is 103. The Hall–Kier alpha value is -18.2. The Morgan fingerprint density at radius 2 is 0.591 bits per heavy atom. The van der Waals surface area contributed by atoms with Gasteiger partial charge >= 0.3 is 0 Å². The smallest absolute Gasteiger partial charge is 0.227 e. The van der Waals surface area contributed by atoms with Crippen LogP contribution >= 0.6 is 0 Å². The molecule has 149 heavy (non-hydrogen) atoms. The highest BCUT2D eigenvalue weighted by Gasteiger charge is 2.27. The molecule has 20 aromatic heterocycles. The fraction of sp³-hybridized carbons (Fsp3) is 0.198. The molecule has 4 aromatic carbocycles. The lowest BCUT2D eigenvalue weighted by Crippen LogP contribution is -2.29. The average Bonchev–Trinajstić information content (AvgIpc) is 1.63. The Bertz CT molecular complexity index is 8930. The Morgan fingerprint density at radius 3 is 0.946 bits per heavy atom. The van der Waals surface area contributed by atoms with Crippen molar-refractivity contribution in [3.8, 4) is 135 Å². The molecule has 1 amide bonds. The van der Waals surface area contributed by atoms with Crippen LogP contribution in [0.25, 0.3) is 223 Å². The van der Waals surface area contributed by atoms with Gasteiger partial charge in [0.15, 0.2) is 23.3 Å². The molecule has 0 spiro atoms. The van der Waals surface area contributed by atoms with Crippen molar-refractivity contribution in [1.29, 1.82) is 0 Å². The van der Waals surface area contributed by atoms with E-state index < -0.39 is 0 Å². The summed E-state index contributed by atoms with van der Waals surface area (Å²) in [5.74, 6) is 3.78. The van der Waals surface area contributed by atoms with Gasteiger partial charge < -0.3 is 30.6 Å². The highest BCUT2D eigenvalue weighted by Crippen LogP contribution is 2.41. The lowest BCUT2D eigenvalue weighted by molar-refractivity contribution is -0.119. The van der Waals surface area contributed by atoms with Gasteiger partial charge in [0, 0.05) is 209 Å². The molecule has 2 saturated heterocycles. The Balaban J connectivity index is 0.000000103.